The minimum atomic E-state index is -3.32. The van der Waals surface area contributed by atoms with Crippen LogP contribution in [0, 0.1) is 0 Å². The molecule has 1 aromatic carbocycles. The number of nitrogens with zero attached hydrogens (tertiary/aromatic N) is 2. The van der Waals surface area contributed by atoms with Crippen molar-refractivity contribution in [3.63, 3.8) is 0 Å². The van der Waals surface area contributed by atoms with E-state index < -0.39 is 10.0 Å². The largest absolute Gasteiger partial charge is 0.284 e. The SMILES string of the molecule is CS(=O)(=O)Nc1cccc(-c2nccc3n[nH]c(C4CCCCC4)c23)c1. The maximum Gasteiger partial charge on any atom is 0.229 e. The Labute approximate surface area is 153 Å². The van der Waals surface area contributed by atoms with E-state index in [9.17, 15) is 8.42 Å². The number of aromatic amines is 1. The third-order valence-corrected chi connectivity index (χ3v) is 5.55. The number of sulfonamides is 1. The third kappa shape index (κ3) is 3.44. The molecule has 136 valence electrons. The van der Waals surface area contributed by atoms with Gasteiger partial charge in [0.25, 0.3) is 0 Å². The summed E-state index contributed by atoms with van der Waals surface area (Å²) in [4.78, 5) is 4.61. The number of pyridine rings is 1. The molecule has 0 amide bonds. The van der Waals surface area contributed by atoms with E-state index in [0.717, 1.165) is 34.1 Å². The number of hydrogen-bond donors (Lipinski definition) is 2. The molecule has 3 aromatic rings. The summed E-state index contributed by atoms with van der Waals surface area (Å²) in [7, 11) is -3.32. The predicted molar refractivity (Wildman–Crippen MR) is 104 cm³/mol. The summed E-state index contributed by atoms with van der Waals surface area (Å²) in [5.74, 6) is 0.481. The molecular formula is C19H22N4O2S. The van der Waals surface area contributed by atoms with Crippen molar-refractivity contribution in [1.82, 2.24) is 15.2 Å². The fourth-order valence-corrected chi connectivity index (χ4v) is 4.39. The average molecular weight is 370 g/mol. The van der Waals surface area contributed by atoms with Gasteiger partial charge in [0.1, 0.15) is 0 Å². The molecule has 0 unspecified atom stereocenters. The molecule has 1 saturated carbocycles. The molecule has 0 radical (unpaired) electrons. The first-order valence-corrected chi connectivity index (χ1v) is 10.8. The number of nitrogens with one attached hydrogen (secondary N) is 2. The molecule has 4 rings (SSSR count). The minimum Gasteiger partial charge on any atom is -0.284 e. The van der Waals surface area contributed by atoms with Gasteiger partial charge in [0.05, 0.1) is 17.5 Å². The van der Waals surface area contributed by atoms with Gasteiger partial charge < -0.3 is 0 Å². The number of aromatic nitrogens is 3. The van der Waals surface area contributed by atoms with Gasteiger partial charge >= 0.3 is 0 Å². The highest BCUT2D eigenvalue weighted by atomic mass is 32.2. The number of fused-ring (bicyclic) bond motifs is 1. The van der Waals surface area contributed by atoms with E-state index in [1.165, 1.54) is 32.1 Å². The summed E-state index contributed by atoms with van der Waals surface area (Å²) in [6.07, 6.45) is 9.02. The van der Waals surface area contributed by atoms with Crippen LogP contribution in [0.2, 0.25) is 0 Å². The van der Waals surface area contributed by atoms with Crippen LogP contribution in [-0.2, 0) is 10.0 Å². The molecule has 6 nitrogen and oxygen atoms in total. The van der Waals surface area contributed by atoms with Crippen LogP contribution in [0.25, 0.3) is 22.2 Å². The second kappa shape index (κ2) is 6.72. The third-order valence-electron chi connectivity index (χ3n) is 4.95. The number of H-pyrrole nitrogens is 1. The number of anilines is 1. The lowest BCUT2D eigenvalue weighted by atomic mass is 9.85. The van der Waals surface area contributed by atoms with Crippen molar-refractivity contribution in [2.24, 2.45) is 0 Å². The lowest BCUT2D eigenvalue weighted by Gasteiger charge is -2.21. The van der Waals surface area contributed by atoms with Crippen LogP contribution in [0.3, 0.4) is 0 Å². The maximum atomic E-state index is 11.5. The van der Waals surface area contributed by atoms with Crippen LogP contribution >= 0.6 is 0 Å². The molecule has 0 aliphatic heterocycles. The van der Waals surface area contributed by atoms with E-state index >= 15 is 0 Å². The zero-order valence-corrected chi connectivity index (χ0v) is 15.5. The Morgan fingerprint density at radius 2 is 1.96 bits per heavy atom. The molecule has 1 aliphatic rings. The fourth-order valence-electron chi connectivity index (χ4n) is 3.84. The molecule has 2 aromatic heterocycles. The van der Waals surface area contributed by atoms with Crippen LogP contribution in [-0.4, -0.2) is 29.9 Å². The Morgan fingerprint density at radius 1 is 1.15 bits per heavy atom. The molecule has 0 spiro atoms. The van der Waals surface area contributed by atoms with Crippen LogP contribution < -0.4 is 4.72 Å². The van der Waals surface area contributed by atoms with Crippen molar-refractivity contribution in [2.75, 3.05) is 11.0 Å². The van der Waals surface area contributed by atoms with Gasteiger partial charge in [-0.15, -0.1) is 0 Å². The lowest BCUT2D eigenvalue weighted by Crippen LogP contribution is -2.09. The van der Waals surface area contributed by atoms with Crippen molar-refractivity contribution in [3.05, 3.63) is 42.2 Å². The normalized spacial score (nSPS) is 16.0. The van der Waals surface area contributed by atoms with E-state index in [-0.39, 0.29) is 0 Å². The van der Waals surface area contributed by atoms with E-state index in [4.69, 9.17) is 0 Å². The highest BCUT2D eigenvalue weighted by Gasteiger charge is 2.22. The van der Waals surface area contributed by atoms with Gasteiger partial charge in [-0.25, -0.2) is 8.42 Å². The molecule has 2 N–H and O–H groups in total. The molecule has 26 heavy (non-hydrogen) atoms. The standard InChI is InChI=1S/C19H22N4O2S/c1-26(24,25)23-15-9-5-8-14(12-15)18-17-16(10-11-20-18)21-22-19(17)13-6-3-2-4-7-13/h5,8-13,23H,2-4,6-7H2,1H3,(H,21,22). The van der Waals surface area contributed by atoms with Gasteiger partial charge in [-0.05, 0) is 31.0 Å². The van der Waals surface area contributed by atoms with Crippen LogP contribution in [0.4, 0.5) is 5.69 Å². The summed E-state index contributed by atoms with van der Waals surface area (Å²) in [6.45, 7) is 0. The molecule has 1 fully saturated rings. The summed E-state index contributed by atoms with van der Waals surface area (Å²) in [6, 6.07) is 9.26. The van der Waals surface area contributed by atoms with E-state index in [0.29, 0.717) is 11.6 Å². The minimum absolute atomic E-state index is 0.481. The molecule has 0 bridgehead atoms. The molecule has 1 aliphatic carbocycles. The summed E-state index contributed by atoms with van der Waals surface area (Å²) >= 11 is 0. The summed E-state index contributed by atoms with van der Waals surface area (Å²) in [5.41, 5.74) is 4.31. The van der Waals surface area contributed by atoms with Crippen molar-refractivity contribution < 1.29 is 8.42 Å². The summed E-state index contributed by atoms with van der Waals surface area (Å²) < 4.78 is 25.6. The Hall–Kier alpha value is -2.41. The van der Waals surface area contributed by atoms with Gasteiger partial charge in [-0.1, -0.05) is 31.4 Å². The number of benzene rings is 1. The van der Waals surface area contributed by atoms with E-state index in [2.05, 4.69) is 19.9 Å². The number of rotatable bonds is 4. The molecule has 7 heteroatoms. The Kier molecular flexibility index (Phi) is 4.40. The first-order chi connectivity index (χ1) is 12.5. The van der Waals surface area contributed by atoms with Crippen molar-refractivity contribution >= 4 is 26.6 Å². The molecule has 0 atom stereocenters. The van der Waals surface area contributed by atoms with Crippen LogP contribution in [0.15, 0.2) is 36.5 Å². The highest BCUT2D eigenvalue weighted by molar-refractivity contribution is 7.92. The highest BCUT2D eigenvalue weighted by Crippen LogP contribution is 2.38. The van der Waals surface area contributed by atoms with Crippen molar-refractivity contribution in [2.45, 2.75) is 38.0 Å². The second-order valence-electron chi connectivity index (χ2n) is 6.98. The van der Waals surface area contributed by atoms with Gasteiger partial charge in [0.15, 0.2) is 0 Å². The quantitative estimate of drug-likeness (QED) is 0.725. The van der Waals surface area contributed by atoms with E-state index in [1.807, 2.05) is 24.3 Å². The topological polar surface area (TPSA) is 87.7 Å². The number of hydrogen-bond acceptors (Lipinski definition) is 4. The van der Waals surface area contributed by atoms with Gasteiger partial charge in [0, 0.05) is 34.4 Å². The van der Waals surface area contributed by atoms with E-state index in [1.54, 1.807) is 12.3 Å². The maximum absolute atomic E-state index is 11.5. The Bertz CT molecular complexity index is 1040. The summed E-state index contributed by atoms with van der Waals surface area (Å²) in [5, 5.41) is 8.78. The monoisotopic (exact) mass is 370 g/mol. The van der Waals surface area contributed by atoms with Gasteiger partial charge in [-0.3, -0.25) is 14.8 Å². The zero-order chi connectivity index (χ0) is 18.1. The average Bonchev–Trinajstić information content (AvgIpc) is 3.05. The van der Waals surface area contributed by atoms with Crippen LogP contribution in [0.5, 0.6) is 0 Å². The zero-order valence-electron chi connectivity index (χ0n) is 14.7. The molecule has 2 heterocycles. The smallest absolute Gasteiger partial charge is 0.229 e. The van der Waals surface area contributed by atoms with Crippen LogP contribution in [0.1, 0.15) is 43.7 Å². The fraction of sp³-hybridized carbons (Fsp3) is 0.368. The second-order valence-corrected chi connectivity index (χ2v) is 8.73. The van der Waals surface area contributed by atoms with Crippen molar-refractivity contribution in [1.29, 1.82) is 0 Å². The molecular weight excluding hydrogens is 348 g/mol. The Balaban J connectivity index is 1.81. The first kappa shape index (κ1) is 17.0. The van der Waals surface area contributed by atoms with Gasteiger partial charge in [0.2, 0.25) is 10.0 Å². The Morgan fingerprint density at radius 3 is 2.73 bits per heavy atom. The molecule has 0 saturated heterocycles. The predicted octanol–water partition coefficient (Wildman–Crippen LogP) is 4.04. The lowest BCUT2D eigenvalue weighted by molar-refractivity contribution is 0.438. The van der Waals surface area contributed by atoms with Gasteiger partial charge in [-0.2, -0.15) is 5.10 Å². The van der Waals surface area contributed by atoms with Crippen molar-refractivity contribution in [3.8, 4) is 11.3 Å². The first-order valence-electron chi connectivity index (χ1n) is 8.92.